The Hall–Kier alpha value is -1.16. The third-order valence-electron chi connectivity index (χ3n) is 2.10. The number of fused-ring (bicyclic) bond motifs is 1. The Bertz CT molecular complexity index is 504. The minimum absolute atomic E-state index is 0.149. The van der Waals surface area contributed by atoms with Crippen LogP contribution in [0.15, 0.2) is 27.1 Å². The van der Waals surface area contributed by atoms with Gasteiger partial charge in [0.15, 0.2) is 11.5 Å². The Balaban J connectivity index is 2.31. The smallest absolute Gasteiger partial charge is 0.195 e. The van der Waals surface area contributed by atoms with Gasteiger partial charge in [-0.15, -0.1) is 0 Å². The lowest BCUT2D eigenvalue weighted by Crippen LogP contribution is -1.93. The molecule has 0 saturated carbocycles. The number of Topliss-reactive ketones (excluding diaryl/α,β-unsaturated/α-hetero) is 1. The summed E-state index contributed by atoms with van der Waals surface area (Å²) in [6.07, 6.45) is 1.04. The molecule has 0 amide bonds. The first-order valence-corrected chi connectivity index (χ1v) is 5.49. The van der Waals surface area contributed by atoms with Gasteiger partial charge in [0, 0.05) is 12.8 Å². The standard InChI is InChI=1S/C11H10BrNO2/c1-7(14)5-6-10-13-9-4-2-3-8(12)11(9)15-10/h2-4H,5-6H2,1H3. The number of oxazole rings is 1. The van der Waals surface area contributed by atoms with Gasteiger partial charge >= 0.3 is 0 Å². The van der Waals surface area contributed by atoms with Crippen LogP contribution in [0, 0.1) is 0 Å². The first-order valence-electron chi connectivity index (χ1n) is 4.70. The third-order valence-corrected chi connectivity index (χ3v) is 2.73. The van der Waals surface area contributed by atoms with E-state index in [1.54, 1.807) is 6.92 Å². The van der Waals surface area contributed by atoms with Crippen LogP contribution in [0.3, 0.4) is 0 Å². The van der Waals surface area contributed by atoms with E-state index in [1.165, 1.54) is 0 Å². The Morgan fingerprint density at radius 2 is 2.33 bits per heavy atom. The Morgan fingerprint density at radius 3 is 3.00 bits per heavy atom. The van der Waals surface area contributed by atoms with Crippen molar-refractivity contribution in [2.75, 3.05) is 0 Å². The van der Waals surface area contributed by atoms with Crippen LogP contribution >= 0.6 is 15.9 Å². The van der Waals surface area contributed by atoms with Gasteiger partial charge in [-0.1, -0.05) is 6.07 Å². The molecule has 0 fully saturated rings. The van der Waals surface area contributed by atoms with E-state index in [-0.39, 0.29) is 5.78 Å². The lowest BCUT2D eigenvalue weighted by molar-refractivity contribution is -0.117. The number of benzene rings is 1. The maximum atomic E-state index is 10.8. The maximum absolute atomic E-state index is 10.8. The molecule has 78 valence electrons. The van der Waals surface area contributed by atoms with Gasteiger partial charge in [0.2, 0.25) is 0 Å². The molecule has 4 heteroatoms. The van der Waals surface area contributed by atoms with E-state index in [2.05, 4.69) is 20.9 Å². The van der Waals surface area contributed by atoms with Crippen LogP contribution in [0.4, 0.5) is 0 Å². The molecule has 1 aromatic carbocycles. The van der Waals surface area contributed by atoms with Crippen molar-refractivity contribution in [2.24, 2.45) is 0 Å². The summed E-state index contributed by atoms with van der Waals surface area (Å²) in [5, 5.41) is 0. The van der Waals surface area contributed by atoms with Crippen molar-refractivity contribution in [3.63, 3.8) is 0 Å². The van der Waals surface area contributed by atoms with E-state index >= 15 is 0 Å². The molecule has 0 aliphatic heterocycles. The molecule has 0 bridgehead atoms. The largest absolute Gasteiger partial charge is 0.439 e. The van der Waals surface area contributed by atoms with Crippen molar-refractivity contribution in [1.29, 1.82) is 0 Å². The van der Waals surface area contributed by atoms with Gasteiger partial charge in [0.25, 0.3) is 0 Å². The van der Waals surface area contributed by atoms with Crippen molar-refractivity contribution in [3.8, 4) is 0 Å². The Kier molecular flexibility index (Phi) is 2.86. The van der Waals surface area contributed by atoms with E-state index in [0.29, 0.717) is 18.7 Å². The monoisotopic (exact) mass is 267 g/mol. The molecule has 0 saturated heterocycles. The second-order valence-corrected chi connectivity index (χ2v) is 4.25. The van der Waals surface area contributed by atoms with Crippen LogP contribution in [-0.2, 0) is 11.2 Å². The number of carbonyl (C=O) groups is 1. The van der Waals surface area contributed by atoms with Gasteiger partial charge in [-0.3, -0.25) is 0 Å². The lowest BCUT2D eigenvalue weighted by Gasteiger charge is -1.90. The Labute approximate surface area is 95.6 Å². The number of carbonyl (C=O) groups excluding carboxylic acids is 1. The Morgan fingerprint density at radius 1 is 1.53 bits per heavy atom. The summed E-state index contributed by atoms with van der Waals surface area (Å²) in [7, 11) is 0. The third kappa shape index (κ3) is 2.26. The number of halogens is 1. The second-order valence-electron chi connectivity index (χ2n) is 3.40. The van der Waals surface area contributed by atoms with Crippen LogP contribution in [0.2, 0.25) is 0 Å². The molecule has 0 N–H and O–H groups in total. The van der Waals surface area contributed by atoms with Gasteiger partial charge in [-0.2, -0.15) is 0 Å². The van der Waals surface area contributed by atoms with Gasteiger partial charge in [-0.05, 0) is 35.0 Å². The van der Waals surface area contributed by atoms with Crippen LogP contribution in [-0.4, -0.2) is 10.8 Å². The summed E-state index contributed by atoms with van der Waals surface area (Å²) in [6, 6.07) is 5.70. The predicted octanol–water partition coefficient (Wildman–Crippen LogP) is 3.11. The van der Waals surface area contributed by atoms with Gasteiger partial charge in [0.05, 0.1) is 4.47 Å². The molecular formula is C11H10BrNO2. The van der Waals surface area contributed by atoms with Gasteiger partial charge < -0.3 is 9.21 Å². The highest BCUT2D eigenvalue weighted by atomic mass is 79.9. The van der Waals surface area contributed by atoms with Crippen LogP contribution < -0.4 is 0 Å². The minimum Gasteiger partial charge on any atom is -0.439 e. The van der Waals surface area contributed by atoms with Gasteiger partial charge in [-0.25, -0.2) is 4.98 Å². The highest BCUT2D eigenvalue weighted by molar-refractivity contribution is 9.10. The molecule has 1 heterocycles. The fourth-order valence-electron chi connectivity index (χ4n) is 1.35. The fourth-order valence-corrected chi connectivity index (χ4v) is 1.79. The van der Waals surface area contributed by atoms with E-state index in [9.17, 15) is 4.79 Å². The normalized spacial score (nSPS) is 10.8. The molecule has 0 radical (unpaired) electrons. The molecule has 15 heavy (non-hydrogen) atoms. The average Bonchev–Trinajstić information content (AvgIpc) is 2.59. The lowest BCUT2D eigenvalue weighted by atomic mass is 10.2. The van der Waals surface area contributed by atoms with Crippen LogP contribution in [0.25, 0.3) is 11.1 Å². The number of para-hydroxylation sites is 1. The summed E-state index contributed by atoms with van der Waals surface area (Å²) >= 11 is 3.39. The molecule has 0 aliphatic rings. The maximum Gasteiger partial charge on any atom is 0.195 e. The minimum atomic E-state index is 0.149. The summed E-state index contributed by atoms with van der Waals surface area (Å²) in [4.78, 5) is 15.1. The summed E-state index contributed by atoms with van der Waals surface area (Å²) < 4.78 is 6.43. The summed E-state index contributed by atoms with van der Waals surface area (Å²) in [5.41, 5.74) is 1.57. The number of ketones is 1. The molecule has 2 aromatic rings. The zero-order valence-electron chi connectivity index (χ0n) is 8.29. The fraction of sp³-hybridized carbons (Fsp3) is 0.273. The van der Waals surface area contributed by atoms with Crippen molar-refractivity contribution in [2.45, 2.75) is 19.8 Å². The zero-order chi connectivity index (χ0) is 10.8. The van der Waals surface area contributed by atoms with Crippen LogP contribution in [0.5, 0.6) is 0 Å². The SMILES string of the molecule is CC(=O)CCc1nc2cccc(Br)c2o1. The van der Waals surface area contributed by atoms with Crippen molar-refractivity contribution >= 4 is 32.8 Å². The number of aryl methyl sites for hydroxylation is 1. The topological polar surface area (TPSA) is 43.1 Å². The summed E-state index contributed by atoms with van der Waals surface area (Å²) in [5.74, 6) is 0.767. The summed E-state index contributed by atoms with van der Waals surface area (Å²) in [6.45, 7) is 1.57. The highest BCUT2D eigenvalue weighted by Crippen LogP contribution is 2.24. The van der Waals surface area contributed by atoms with E-state index in [1.807, 2.05) is 18.2 Å². The average molecular weight is 268 g/mol. The molecule has 2 rings (SSSR count). The highest BCUT2D eigenvalue weighted by Gasteiger charge is 2.08. The first-order chi connectivity index (χ1) is 7.16. The molecule has 3 nitrogen and oxygen atoms in total. The second kappa shape index (κ2) is 4.14. The number of hydrogen-bond donors (Lipinski definition) is 0. The van der Waals surface area contributed by atoms with E-state index in [4.69, 9.17) is 4.42 Å². The number of rotatable bonds is 3. The van der Waals surface area contributed by atoms with E-state index in [0.717, 1.165) is 15.6 Å². The van der Waals surface area contributed by atoms with Crippen LogP contribution in [0.1, 0.15) is 19.2 Å². The number of hydrogen-bond acceptors (Lipinski definition) is 3. The molecule has 0 spiro atoms. The van der Waals surface area contributed by atoms with Crippen molar-refractivity contribution < 1.29 is 9.21 Å². The quantitative estimate of drug-likeness (QED) is 0.858. The molecule has 0 aliphatic carbocycles. The molecular weight excluding hydrogens is 258 g/mol. The number of aromatic nitrogens is 1. The predicted molar refractivity (Wildman–Crippen MR) is 60.7 cm³/mol. The van der Waals surface area contributed by atoms with E-state index < -0.39 is 0 Å². The molecule has 1 aromatic heterocycles. The number of nitrogens with zero attached hydrogens (tertiary/aromatic N) is 1. The first kappa shape index (κ1) is 10.4. The molecule has 0 atom stereocenters. The van der Waals surface area contributed by atoms with Gasteiger partial charge in [0.1, 0.15) is 11.3 Å². The molecule has 0 unspecified atom stereocenters. The zero-order valence-corrected chi connectivity index (χ0v) is 9.87. The van der Waals surface area contributed by atoms with Crippen molar-refractivity contribution in [1.82, 2.24) is 4.98 Å². The van der Waals surface area contributed by atoms with Crippen molar-refractivity contribution in [3.05, 3.63) is 28.6 Å².